The molecule has 1 heterocycles. The first-order chi connectivity index (χ1) is 15.6. The highest BCUT2D eigenvalue weighted by molar-refractivity contribution is 7.89. The third-order valence-electron chi connectivity index (χ3n) is 5.49. The average molecular weight is 494 g/mol. The van der Waals surface area contributed by atoms with E-state index in [2.05, 4.69) is 5.32 Å². The van der Waals surface area contributed by atoms with Crippen LogP contribution in [0, 0.1) is 0 Å². The van der Waals surface area contributed by atoms with Gasteiger partial charge in [0.15, 0.2) is 0 Å². The molecule has 0 spiro atoms. The lowest BCUT2D eigenvalue weighted by Crippen LogP contribution is -2.32. The molecule has 2 aromatic carbocycles. The molecule has 0 aliphatic carbocycles. The van der Waals surface area contributed by atoms with Crippen molar-refractivity contribution in [2.75, 3.05) is 39.6 Å². The van der Waals surface area contributed by atoms with Crippen molar-refractivity contribution in [3.8, 4) is 5.75 Å². The van der Waals surface area contributed by atoms with Crippen molar-refractivity contribution in [3.05, 3.63) is 52.5 Å². The first kappa shape index (κ1) is 25.0. The Morgan fingerprint density at radius 2 is 1.70 bits per heavy atom. The summed E-state index contributed by atoms with van der Waals surface area (Å²) in [6.45, 7) is 0.913. The number of sulfonamides is 1. The van der Waals surface area contributed by atoms with Crippen LogP contribution in [0.4, 0.5) is 5.69 Å². The van der Waals surface area contributed by atoms with Gasteiger partial charge >= 0.3 is 0 Å². The third-order valence-corrected chi connectivity index (χ3v) is 7.71. The summed E-state index contributed by atoms with van der Waals surface area (Å²) >= 11 is 6.23. The van der Waals surface area contributed by atoms with Crippen LogP contribution in [-0.2, 0) is 10.0 Å². The fraction of sp³-hybridized carbons (Fsp3) is 0.391. The number of carbonyl (C=O) groups excluding carboxylic acids is 2. The molecule has 1 saturated heterocycles. The lowest BCUT2D eigenvalue weighted by Gasteiger charge is -2.21. The number of ether oxygens (including phenoxy) is 1. The SMILES string of the molecule is COc1ccc(S(=O)(=O)N2CCCCCC2)cc1C(=O)Nc1cc(C(=O)N(C)C)ccc1Cl. The molecule has 0 unspecified atom stereocenters. The van der Waals surface area contributed by atoms with Gasteiger partial charge in [-0.1, -0.05) is 24.4 Å². The van der Waals surface area contributed by atoms with Crippen molar-refractivity contribution in [2.24, 2.45) is 0 Å². The topological polar surface area (TPSA) is 96.0 Å². The number of anilines is 1. The zero-order valence-corrected chi connectivity index (χ0v) is 20.5. The fourth-order valence-electron chi connectivity index (χ4n) is 3.66. The van der Waals surface area contributed by atoms with E-state index in [4.69, 9.17) is 16.3 Å². The smallest absolute Gasteiger partial charge is 0.259 e. The molecular formula is C23H28ClN3O5S. The van der Waals surface area contributed by atoms with Crippen LogP contribution in [-0.4, -0.2) is 63.7 Å². The first-order valence-electron chi connectivity index (χ1n) is 10.7. The lowest BCUT2D eigenvalue weighted by molar-refractivity contribution is 0.0827. The quantitative estimate of drug-likeness (QED) is 0.659. The summed E-state index contributed by atoms with van der Waals surface area (Å²) in [4.78, 5) is 26.8. The second kappa shape index (κ2) is 10.5. The fourth-order valence-corrected chi connectivity index (χ4v) is 5.37. The van der Waals surface area contributed by atoms with Crippen LogP contribution in [0.3, 0.4) is 0 Å². The summed E-state index contributed by atoms with van der Waals surface area (Å²) < 4.78 is 33.2. The number of halogens is 1. The molecule has 1 aliphatic rings. The molecule has 1 aliphatic heterocycles. The number of carbonyl (C=O) groups is 2. The highest BCUT2D eigenvalue weighted by atomic mass is 35.5. The molecular weight excluding hydrogens is 466 g/mol. The summed E-state index contributed by atoms with van der Waals surface area (Å²) in [6, 6.07) is 8.79. The van der Waals surface area contributed by atoms with E-state index < -0.39 is 15.9 Å². The van der Waals surface area contributed by atoms with Gasteiger partial charge in [-0.25, -0.2) is 8.42 Å². The highest BCUT2D eigenvalue weighted by Gasteiger charge is 2.27. The third kappa shape index (κ3) is 5.66. The number of hydrogen-bond acceptors (Lipinski definition) is 5. The van der Waals surface area contributed by atoms with Crippen molar-refractivity contribution in [3.63, 3.8) is 0 Å². The Labute approximate surface area is 199 Å². The molecule has 8 nitrogen and oxygen atoms in total. The standard InChI is InChI=1S/C23H28ClN3O5S/c1-26(2)23(29)16-8-10-19(24)20(14-16)25-22(28)18-15-17(9-11-21(18)32-3)33(30,31)27-12-6-4-5-7-13-27/h8-11,14-15H,4-7,12-13H2,1-3H3,(H,25,28). The maximum absolute atomic E-state index is 13.2. The van der Waals surface area contributed by atoms with Crippen molar-refractivity contribution in [2.45, 2.75) is 30.6 Å². The van der Waals surface area contributed by atoms with Crippen molar-refractivity contribution in [1.82, 2.24) is 9.21 Å². The van der Waals surface area contributed by atoms with Gasteiger partial charge < -0.3 is 15.0 Å². The molecule has 0 radical (unpaired) electrons. The predicted octanol–water partition coefficient (Wildman–Crippen LogP) is 3.87. The van der Waals surface area contributed by atoms with Crippen LogP contribution < -0.4 is 10.1 Å². The Hall–Kier alpha value is -2.62. The van der Waals surface area contributed by atoms with E-state index in [1.807, 2.05) is 0 Å². The maximum atomic E-state index is 13.2. The Morgan fingerprint density at radius 1 is 1.03 bits per heavy atom. The van der Waals surface area contributed by atoms with Crippen molar-refractivity contribution >= 4 is 39.1 Å². The summed E-state index contributed by atoms with van der Waals surface area (Å²) in [5.74, 6) is -0.625. The number of nitrogens with zero attached hydrogens (tertiary/aromatic N) is 2. The Bertz CT molecular complexity index is 1140. The minimum atomic E-state index is -3.75. The van der Waals surface area contributed by atoms with Crippen LogP contribution in [0.25, 0.3) is 0 Å². The lowest BCUT2D eigenvalue weighted by atomic mass is 10.1. The molecule has 1 N–H and O–H groups in total. The van der Waals surface area contributed by atoms with Gasteiger partial charge in [0.05, 0.1) is 28.3 Å². The Morgan fingerprint density at radius 3 is 2.30 bits per heavy atom. The second-order valence-corrected chi connectivity index (χ2v) is 10.4. The van der Waals surface area contributed by atoms with E-state index in [9.17, 15) is 18.0 Å². The largest absolute Gasteiger partial charge is 0.496 e. The molecule has 0 atom stereocenters. The molecule has 3 rings (SSSR count). The molecule has 0 bridgehead atoms. The average Bonchev–Trinajstić information content (AvgIpc) is 3.09. The van der Waals surface area contributed by atoms with Gasteiger partial charge in [0.1, 0.15) is 5.75 Å². The van der Waals surface area contributed by atoms with Crippen LogP contribution in [0.2, 0.25) is 5.02 Å². The highest BCUT2D eigenvalue weighted by Crippen LogP contribution is 2.29. The van der Waals surface area contributed by atoms with E-state index in [0.717, 1.165) is 25.7 Å². The molecule has 2 amide bonds. The molecule has 0 saturated carbocycles. The van der Waals surface area contributed by atoms with Crippen molar-refractivity contribution in [1.29, 1.82) is 0 Å². The maximum Gasteiger partial charge on any atom is 0.259 e. The molecule has 0 aromatic heterocycles. The summed E-state index contributed by atoms with van der Waals surface area (Å²) in [6.07, 6.45) is 3.61. The van der Waals surface area contributed by atoms with Gasteiger partial charge in [-0.15, -0.1) is 0 Å². The Balaban J connectivity index is 1.93. The zero-order valence-electron chi connectivity index (χ0n) is 18.9. The zero-order chi connectivity index (χ0) is 24.2. The summed E-state index contributed by atoms with van der Waals surface area (Å²) in [5.41, 5.74) is 0.634. The predicted molar refractivity (Wildman–Crippen MR) is 128 cm³/mol. The molecule has 10 heteroatoms. The minimum absolute atomic E-state index is 0.0259. The molecule has 1 fully saturated rings. The summed E-state index contributed by atoms with van der Waals surface area (Å²) in [5, 5.41) is 2.92. The van der Waals surface area contributed by atoms with E-state index >= 15 is 0 Å². The number of benzene rings is 2. The minimum Gasteiger partial charge on any atom is -0.496 e. The van der Waals surface area contributed by atoms with Crippen LogP contribution in [0.15, 0.2) is 41.3 Å². The second-order valence-electron chi connectivity index (χ2n) is 8.03. The van der Waals surface area contributed by atoms with Gasteiger partial charge in [-0.05, 0) is 49.2 Å². The molecule has 33 heavy (non-hydrogen) atoms. The van der Waals surface area contributed by atoms with Gasteiger partial charge in [0.2, 0.25) is 10.0 Å². The molecule has 2 aromatic rings. The van der Waals surface area contributed by atoms with E-state index in [1.54, 1.807) is 20.2 Å². The number of amides is 2. The normalized spacial score (nSPS) is 14.9. The van der Waals surface area contributed by atoms with Gasteiger partial charge in [0.25, 0.3) is 11.8 Å². The monoisotopic (exact) mass is 493 g/mol. The van der Waals surface area contributed by atoms with E-state index in [1.165, 1.54) is 46.6 Å². The van der Waals surface area contributed by atoms with Crippen LogP contribution in [0.1, 0.15) is 46.4 Å². The van der Waals surface area contributed by atoms with Gasteiger partial charge in [-0.2, -0.15) is 4.31 Å². The number of methoxy groups -OCH3 is 1. The number of nitrogens with one attached hydrogen (secondary N) is 1. The number of rotatable bonds is 6. The summed E-state index contributed by atoms with van der Waals surface area (Å²) in [7, 11) is 0.891. The van der Waals surface area contributed by atoms with Crippen molar-refractivity contribution < 1.29 is 22.7 Å². The van der Waals surface area contributed by atoms with E-state index in [-0.39, 0.29) is 32.8 Å². The van der Waals surface area contributed by atoms with Gasteiger partial charge in [-0.3, -0.25) is 9.59 Å². The molecule has 178 valence electrons. The Kier molecular flexibility index (Phi) is 7.99. The van der Waals surface area contributed by atoms with Gasteiger partial charge in [0, 0.05) is 32.7 Å². The number of hydrogen-bond donors (Lipinski definition) is 1. The first-order valence-corrected chi connectivity index (χ1v) is 12.5. The van der Waals surface area contributed by atoms with Crippen LogP contribution >= 0.6 is 11.6 Å². The van der Waals surface area contributed by atoms with Crippen LogP contribution in [0.5, 0.6) is 5.75 Å². The van der Waals surface area contributed by atoms with E-state index in [0.29, 0.717) is 18.7 Å².